The third-order valence-electron chi connectivity index (χ3n) is 4.50. The lowest BCUT2D eigenvalue weighted by Gasteiger charge is -2.04. The highest BCUT2D eigenvalue weighted by Gasteiger charge is 2.25. The first-order valence-electron chi connectivity index (χ1n) is 8.28. The molecule has 4 rings (SSSR count). The highest BCUT2D eigenvalue weighted by atomic mass is 32.1. The largest absolute Gasteiger partial charge is 0.383 e. The van der Waals surface area contributed by atoms with Gasteiger partial charge in [0.1, 0.15) is 5.82 Å². The molecule has 2 heterocycles. The zero-order chi connectivity index (χ0) is 16.7. The van der Waals surface area contributed by atoms with Crippen molar-refractivity contribution in [2.75, 3.05) is 13.7 Å². The van der Waals surface area contributed by atoms with Gasteiger partial charge in [0.2, 0.25) is 0 Å². The molecule has 6 heteroatoms. The summed E-state index contributed by atoms with van der Waals surface area (Å²) in [4.78, 5) is 5.78. The molecule has 1 saturated carbocycles. The predicted octanol–water partition coefficient (Wildman–Crippen LogP) is 4.21. The molecule has 0 bridgehead atoms. The van der Waals surface area contributed by atoms with E-state index in [9.17, 15) is 4.39 Å². The number of halogens is 1. The number of nitrogens with zero attached hydrogens (tertiary/aromatic N) is 3. The smallest absolute Gasteiger partial charge is 0.168 e. The van der Waals surface area contributed by atoms with E-state index in [2.05, 4.69) is 5.10 Å². The third-order valence-corrected chi connectivity index (χ3v) is 5.75. The average molecular weight is 345 g/mol. The molecule has 0 saturated heterocycles. The van der Waals surface area contributed by atoms with Gasteiger partial charge in [-0.15, -0.1) is 11.3 Å². The minimum atomic E-state index is -0.173. The predicted molar refractivity (Wildman–Crippen MR) is 93.8 cm³/mol. The molecule has 0 spiro atoms. The molecule has 0 radical (unpaired) electrons. The Balaban J connectivity index is 1.80. The molecule has 0 aliphatic heterocycles. The molecule has 1 fully saturated rings. The van der Waals surface area contributed by atoms with Gasteiger partial charge in [-0.05, 0) is 43.4 Å². The van der Waals surface area contributed by atoms with Crippen LogP contribution in [-0.2, 0) is 17.7 Å². The van der Waals surface area contributed by atoms with Gasteiger partial charge < -0.3 is 4.74 Å². The number of methoxy groups -OCH3 is 1. The van der Waals surface area contributed by atoms with Crippen molar-refractivity contribution in [1.29, 1.82) is 0 Å². The quantitative estimate of drug-likeness (QED) is 0.672. The van der Waals surface area contributed by atoms with Crippen LogP contribution in [-0.4, -0.2) is 28.5 Å². The summed E-state index contributed by atoms with van der Waals surface area (Å²) in [6.45, 7) is 3.20. The molecule has 1 aromatic carbocycles. The van der Waals surface area contributed by atoms with Crippen LogP contribution in [0.5, 0.6) is 0 Å². The summed E-state index contributed by atoms with van der Waals surface area (Å²) in [7, 11) is 1.68. The lowest BCUT2D eigenvalue weighted by Crippen LogP contribution is -2.08. The lowest BCUT2D eigenvalue weighted by molar-refractivity contribution is 0.184. The molecule has 1 aliphatic rings. The van der Waals surface area contributed by atoms with Crippen LogP contribution in [0.4, 0.5) is 4.39 Å². The molecular weight excluding hydrogens is 325 g/mol. The second-order valence-electron chi connectivity index (χ2n) is 6.38. The molecule has 0 atom stereocenters. The zero-order valence-electron chi connectivity index (χ0n) is 13.9. The Morgan fingerprint density at radius 1 is 1.38 bits per heavy atom. The van der Waals surface area contributed by atoms with Crippen molar-refractivity contribution in [3.8, 4) is 10.7 Å². The van der Waals surface area contributed by atoms with Crippen LogP contribution in [0.3, 0.4) is 0 Å². The van der Waals surface area contributed by atoms with Crippen molar-refractivity contribution in [2.24, 2.45) is 5.92 Å². The van der Waals surface area contributed by atoms with Gasteiger partial charge in [-0.3, -0.25) is 0 Å². The van der Waals surface area contributed by atoms with Crippen LogP contribution >= 0.6 is 11.3 Å². The second-order valence-corrected chi connectivity index (χ2v) is 7.44. The van der Waals surface area contributed by atoms with Crippen molar-refractivity contribution in [2.45, 2.75) is 32.7 Å². The minimum Gasteiger partial charge on any atom is -0.383 e. The van der Waals surface area contributed by atoms with Crippen molar-refractivity contribution in [1.82, 2.24) is 14.8 Å². The Morgan fingerprint density at radius 2 is 2.21 bits per heavy atom. The summed E-state index contributed by atoms with van der Waals surface area (Å²) in [5, 5.41) is 5.37. The van der Waals surface area contributed by atoms with Gasteiger partial charge in [-0.2, -0.15) is 5.10 Å². The number of aromatic nitrogens is 3. The number of aryl methyl sites for hydroxylation is 1. The number of hydrogen-bond donors (Lipinski definition) is 0. The maximum atomic E-state index is 14.2. The van der Waals surface area contributed by atoms with Crippen molar-refractivity contribution in [3.63, 3.8) is 0 Å². The number of rotatable bonds is 6. The van der Waals surface area contributed by atoms with Crippen molar-refractivity contribution in [3.05, 3.63) is 35.4 Å². The van der Waals surface area contributed by atoms with Gasteiger partial charge in [0.25, 0.3) is 0 Å². The molecule has 0 N–H and O–H groups in total. The van der Waals surface area contributed by atoms with Crippen LogP contribution in [0.25, 0.3) is 20.8 Å². The fourth-order valence-electron chi connectivity index (χ4n) is 3.02. The normalized spacial score (nSPS) is 14.6. The standard InChI is InChI=1S/C18H20FN3OS/c1-11-16-13(19)4-3-5-14(16)24-17(11)18-20-15(10-12-6-7-12)21-22(18)8-9-23-2/h3-5,12H,6-10H2,1-2H3. The highest BCUT2D eigenvalue weighted by Crippen LogP contribution is 2.39. The Labute approximate surface area is 144 Å². The van der Waals surface area contributed by atoms with E-state index in [0.717, 1.165) is 39.1 Å². The number of hydrogen-bond acceptors (Lipinski definition) is 4. The molecule has 2 aromatic heterocycles. The lowest BCUT2D eigenvalue weighted by atomic mass is 10.1. The molecule has 24 heavy (non-hydrogen) atoms. The maximum absolute atomic E-state index is 14.2. The van der Waals surface area contributed by atoms with Crippen LogP contribution in [0.1, 0.15) is 24.2 Å². The van der Waals surface area contributed by atoms with E-state index in [4.69, 9.17) is 9.72 Å². The summed E-state index contributed by atoms with van der Waals surface area (Å²) >= 11 is 1.58. The summed E-state index contributed by atoms with van der Waals surface area (Å²) in [5.41, 5.74) is 0.942. The first-order valence-corrected chi connectivity index (χ1v) is 9.09. The molecular formula is C18H20FN3OS. The molecule has 4 nitrogen and oxygen atoms in total. The first-order chi connectivity index (χ1) is 11.7. The third kappa shape index (κ3) is 2.84. The average Bonchev–Trinajstić information content (AvgIpc) is 3.18. The summed E-state index contributed by atoms with van der Waals surface area (Å²) < 4.78 is 22.3. The second kappa shape index (κ2) is 6.26. The maximum Gasteiger partial charge on any atom is 0.168 e. The molecule has 0 unspecified atom stereocenters. The van der Waals surface area contributed by atoms with Crippen LogP contribution in [0.2, 0.25) is 0 Å². The Hall–Kier alpha value is -1.79. The van der Waals surface area contributed by atoms with Gasteiger partial charge in [-0.1, -0.05) is 6.07 Å². The Bertz CT molecular complexity index is 882. The Kier molecular flexibility index (Phi) is 4.10. The number of fused-ring (bicyclic) bond motifs is 1. The summed E-state index contributed by atoms with van der Waals surface area (Å²) in [6.07, 6.45) is 3.48. The van der Waals surface area contributed by atoms with Gasteiger partial charge >= 0.3 is 0 Å². The van der Waals surface area contributed by atoms with Crippen LogP contribution in [0.15, 0.2) is 18.2 Å². The van der Waals surface area contributed by atoms with Gasteiger partial charge in [0, 0.05) is 23.6 Å². The van der Waals surface area contributed by atoms with E-state index in [0.29, 0.717) is 18.5 Å². The number of thiophene rings is 1. The van der Waals surface area contributed by atoms with E-state index in [1.165, 1.54) is 18.9 Å². The number of ether oxygens (including phenoxy) is 1. The molecule has 1 aliphatic carbocycles. The fourth-order valence-corrected chi connectivity index (χ4v) is 4.24. The molecule has 0 amide bonds. The summed E-state index contributed by atoms with van der Waals surface area (Å²) in [5.74, 6) is 2.28. The van der Waals surface area contributed by atoms with Crippen LogP contribution in [0, 0.1) is 18.7 Å². The SMILES string of the molecule is COCCn1nc(CC2CC2)nc1-c1sc2cccc(F)c2c1C. The number of benzene rings is 1. The van der Waals surface area contributed by atoms with Crippen molar-refractivity contribution < 1.29 is 9.13 Å². The molecule has 126 valence electrons. The van der Waals surface area contributed by atoms with Gasteiger partial charge in [0.15, 0.2) is 11.6 Å². The van der Waals surface area contributed by atoms with Crippen molar-refractivity contribution >= 4 is 21.4 Å². The highest BCUT2D eigenvalue weighted by molar-refractivity contribution is 7.22. The Morgan fingerprint density at radius 3 is 2.92 bits per heavy atom. The van der Waals surface area contributed by atoms with Gasteiger partial charge in [-0.25, -0.2) is 14.1 Å². The van der Waals surface area contributed by atoms with Gasteiger partial charge in [0.05, 0.1) is 18.0 Å². The zero-order valence-corrected chi connectivity index (χ0v) is 14.7. The fraction of sp³-hybridized carbons (Fsp3) is 0.444. The van der Waals surface area contributed by atoms with E-state index in [1.54, 1.807) is 24.5 Å². The van der Waals surface area contributed by atoms with E-state index in [1.807, 2.05) is 17.7 Å². The monoisotopic (exact) mass is 345 g/mol. The topological polar surface area (TPSA) is 39.9 Å². The van der Waals surface area contributed by atoms with E-state index >= 15 is 0 Å². The minimum absolute atomic E-state index is 0.173. The molecule has 3 aromatic rings. The van der Waals surface area contributed by atoms with E-state index in [-0.39, 0.29) is 5.82 Å². The van der Waals surface area contributed by atoms with E-state index < -0.39 is 0 Å². The van der Waals surface area contributed by atoms with Crippen LogP contribution < -0.4 is 0 Å². The summed E-state index contributed by atoms with van der Waals surface area (Å²) in [6, 6.07) is 5.23. The first kappa shape index (κ1) is 15.7.